The molecule has 0 unspecified atom stereocenters. The fourth-order valence-corrected chi connectivity index (χ4v) is 5.09. The predicted molar refractivity (Wildman–Crippen MR) is 78.9 cm³/mol. The Morgan fingerprint density at radius 1 is 1.26 bits per heavy atom. The van der Waals surface area contributed by atoms with E-state index in [9.17, 15) is 4.79 Å². The summed E-state index contributed by atoms with van der Waals surface area (Å²) in [6, 6.07) is -0.0187. The number of rotatable bonds is 3. The predicted octanol–water partition coefficient (Wildman–Crippen LogP) is 1.88. The van der Waals surface area contributed by atoms with E-state index in [-0.39, 0.29) is 11.6 Å². The molecule has 3 N–H and O–H groups in total. The van der Waals surface area contributed by atoms with E-state index >= 15 is 0 Å². The van der Waals surface area contributed by atoms with Crippen molar-refractivity contribution in [1.29, 1.82) is 0 Å². The van der Waals surface area contributed by atoms with E-state index in [0.717, 1.165) is 17.8 Å². The van der Waals surface area contributed by atoms with Crippen molar-refractivity contribution in [2.45, 2.75) is 44.1 Å². The smallest absolute Gasteiger partial charge is 0.317 e. The maximum Gasteiger partial charge on any atom is 0.317 e. The third kappa shape index (κ3) is 2.57. The molecule has 4 saturated carbocycles. The topological polar surface area (TPSA) is 58.4 Å². The van der Waals surface area contributed by atoms with Gasteiger partial charge in [0, 0.05) is 12.6 Å². The lowest BCUT2D eigenvalue weighted by Gasteiger charge is -2.57. The van der Waals surface area contributed by atoms with Crippen LogP contribution in [0.25, 0.3) is 0 Å². The number of hydrogen-bond acceptors (Lipinski definition) is 2. The van der Waals surface area contributed by atoms with Gasteiger partial charge in [0.15, 0.2) is 0 Å². The number of nitrogens with one attached hydrogen (secondary N) is 1. The van der Waals surface area contributed by atoms with Gasteiger partial charge in [-0.3, -0.25) is 0 Å². The lowest BCUT2D eigenvalue weighted by Crippen LogP contribution is -2.61. The highest BCUT2D eigenvalue weighted by atomic mass is 32.1. The minimum absolute atomic E-state index is 0.0187. The van der Waals surface area contributed by atoms with Crippen molar-refractivity contribution in [2.24, 2.45) is 23.5 Å². The number of carbonyl (C=O) groups is 1. The first kappa shape index (κ1) is 13.2. The SMILES string of the molecule is CN(CC(N)=S)C(=O)NC12CC3CC(CC(C3)C1)C2. The Bertz CT molecular complexity index is 374. The first-order valence-electron chi connectivity index (χ1n) is 7.27. The molecule has 4 bridgehead atoms. The molecule has 4 rings (SSSR count). The van der Waals surface area contributed by atoms with Crippen LogP contribution >= 0.6 is 12.2 Å². The largest absolute Gasteiger partial charge is 0.392 e. The number of urea groups is 1. The van der Waals surface area contributed by atoms with E-state index in [0.29, 0.717) is 11.5 Å². The maximum atomic E-state index is 12.3. The summed E-state index contributed by atoms with van der Waals surface area (Å²) < 4.78 is 0. The van der Waals surface area contributed by atoms with Gasteiger partial charge in [0.2, 0.25) is 0 Å². The van der Waals surface area contributed by atoms with Gasteiger partial charge < -0.3 is 16.0 Å². The van der Waals surface area contributed by atoms with Gasteiger partial charge in [-0.25, -0.2) is 4.79 Å². The molecule has 0 spiro atoms. The van der Waals surface area contributed by atoms with E-state index in [1.807, 2.05) is 0 Å². The van der Waals surface area contributed by atoms with Crippen molar-refractivity contribution in [3.8, 4) is 0 Å². The van der Waals surface area contributed by atoms with Gasteiger partial charge in [-0.15, -0.1) is 0 Å². The number of carbonyl (C=O) groups excluding carboxylic acids is 1. The van der Waals surface area contributed by atoms with Gasteiger partial charge in [0.25, 0.3) is 0 Å². The van der Waals surface area contributed by atoms with Gasteiger partial charge >= 0.3 is 6.03 Å². The van der Waals surface area contributed by atoms with Gasteiger partial charge in [-0.2, -0.15) is 0 Å². The van der Waals surface area contributed by atoms with Gasteiger partial charge in [0.1, 0.15) is 0 Å². The second-order valence-corrected chi connectivity index (χ2v) is 7.47. The normalized spacial score (nSPS) is 39.1. The van der Waals surface area contributed by atoms with Crippen LogP contribution in [0.4, 0.5) is 4.79 Å². The van der Waals surface area contributed by atoms with Crippen LogP contribution in [0, 0.1) is 17.8 Å². The van der Waals surface area contributed by atoms with Crippen molar-refractivity contribution < 1.29 is 4.79 Å². The molecule has 0 aromatic rings. The van der Waals surface area contributed by atoms with Crippen LogP contribution in [0.3, 0.4) is 0 Å². The summed E-state index contributed by atoms with van der Waals surface area (Å²) in [5.41, 5.74) is 5.57. The number of likely N-dealkylation sites (N-methyl/N-ethyl adjacent to an activating group) is 1. The van der Waals surface area contributed by atoms with Crippen molar-refractivity contribution in [3.63, 3.8) is 0 Å². The lowest BCUT2D eigenvalue weighted by molar-refractivity contribution is -0.0150. The van der Waals surface area contributed by atoms with Crippen LogP contribution in [0.2, 0.25) is 0 Å². The zero-order chi connectivity index (χ0) is 13.6. The molecule has 2 amide bonds. The quantitative estimate of drug-likeness (QED) is 0.777. The molecule has 0 radical (unpaired) electrons. The van der Waals surface area contributed by atoms with Crippen LogP contribution in [0.15, 0.2) is 0 Å². The molecular formula is C14H23N3OS. The van der Waals surface area contributed by atoms with Crippen LogP contribution in [-0.4, -0.2) is 35.1 Å². The standard InChI is InChI=1S/C14H23N3OS/c1-17(8-12(15)19)13(18)16-14-5-9-2-10(6-14)4-11(3-9)7-14/h9-11H,2-8H2,1H3,(H2,15,19)(H,16,18). The lowest BCUT2D eigenvalue weighted by atomic mass is 9.53. The Kier molecular flexibility index (Phi) is 3.20. The Labute approximate surface area is 120 Å². The molecular weight excluding hydrogens is 258 g/mol. The first-order valence-corrected chi connectivity index (χ1v) is 7.68. The third-order valence-electron chi connectivity index (χ3n) is 5.15. The number of amides is 2. The van der Waals surface area contributed by atoms with E-state index in [4.69, 9.17) is 18.0 Å². The van der Waals surface area contributed by atoms with Gasteiger partial charge in [-0.1, -0.05) is 12.2 Å². The van der Waals surface area contributed by atoms with Crippen molar-refractivity contribution >= 4 is 23.2 Å². The summed E-state index contributed by atoms with van der Waals surface area (Å²) in [6.07, 6.45) is 7.68. The Morgan fingerprint density at radius 3 is 2.16 bits per heavy atom. The third-order valence-corrected chi connectivity index (χ3v) is 5.28. The van der Waals surface area contributed by atoms with E-state index in [2.05, 4.69) is 5.32 Å². The van der Waals surface area contributed by atoms with E-state index < -0.39 is 0 Å². The molecule has 5 heteroatoms. The fraction of sp³-hybridized carbons (Fsp3) is 0.857. The molecule has 4 fully saturated rings. The van der Waals surface area contributed by atoms with Crippen molar-refractivity contribution in [1.82, 2.24) is 10.2 Å². The Balaban J connectivity index is 1.66. The highest BCUT2D eigenvalue weighted by molar-refractivity contribution is 7.80. The van der Waals surface area contributed by atoms with Gasteiger partial charge in [-0.05, 0) is 56.3 Å². The number of nitrogens with two attached hydrogens (primary N) is 1. The highest BCUT2D eigenvalue weighted by Crippen LogP contribution is 2.55. The second-order valence-electron chi connectivity index (χ2n) is 6.95. The molecule has 0 aromatic heterocycles. The minimum atomic E-state index is -0.0187. The average Bonchev–Trinajstić information content (AvgIpc) is 2.24. The molecule has 0 aromatic carbocycles. The zero-order valence-electron chi connectivity index (χ0n) is 11.5. The maximum absolute atomic E-state index is 12.3. The number of nitrogens with zero attached hydrogens (tertiary/aromatic N) is 1. The first-order chi connectivity index (χ1) is 8.96. The van der Waals surface area contributed by atoms with Crippen molar-refractivity contribution in [3.05, 3.63) is 0 Å². The summed E-state index contributed by atoms with van der Waals surface area (Å²) in [4.78, 5) is 14.2. The molecule has 19 heavy (non-hydrogen) atoms. The molecule has 4 nitrogen and oxygen atoms in total. The molecule has 4 aliphatic rings. The summed E-state index contributed by atoms with van der Waals surface area (Å²) in [6.45, 7) is 0.355. The van der Waals surface area contributed by atoms with E-state index in [1.165, 1.54) is 38.5 Å². The summed E-state index contributed by atoms with van der Waals surface area (Å²) in [5.74, 6) is 2.52. The van der Waals surface area contributed by atoms with Crippen molar-refractivity contribution in [2.75, 3.05) is 13.6 Å². The molecule has 4 aliphatic carbocycles. The van der Waals surface area contributed by atoms with Gasteiger partial charge in [0.05, 0.1) is 11.5 Å². The highest BCUT2D eigenvalue weighted by Gasteiger charge is 2.51. The fourth-order valence-electron chi connectivity index (χ4n) is 4.89. The molecule has 106 valence electrons. The monoisotopic (exact) mass is 281 g/mol. The minimum Gasteiger partial charge on any atom is -0.392 e. The summed E-state index contributed by atoms with van der Waals surface area (Å²) >= 11 is 4.86. The molecule has 0 atom stereocenters. The summed E-state index contributed by atoms with van der Waals surface area (Å²) in [5, 5.41) is 3.30. The Hall–Kier alpha value is -0.840. The van der Waals surface area contributed by atoms with Crippen LogP contribution in [-0.2, 0) is 0 Å². The number of thiocarbonyl (C=S) groups is 1. The molecule has 0 heterocycles. The van der Waals surface area contributed by atoms with E-state index in [1.54, 1.807) is 11.9 Å². The molecule has 0 aliphatic heterocycles. The number of hydrogen-bond donors (Lipinski definition) is 2. The van der Waals surface area contributed by atoms with Crippen LogP contribution in [0.5, 0.6) is 0 Å². The second kappa shape index (κ2) is 4.62. The Morgan fingerprint density at radius 2 is 1.74 bits per heavy atom. The van der Waals surface area contributed by atoms with Crippen LogP contribution < -0.4 is 11.1 Å². The van der Waals surface area contributed by atoms with Crippen LogP contribution in [0.1, 0.15) is 38.5 Å². The average molecular weight is 281 g/mol. The molecule has 0 saturated heterocycles. The summed E-state index contributed by atoms with van der Waals surface area (Å²) in [7, 11) is 1.76. The zero-order valence-corrected chi connectivity index (χ0v) is 12.3.